The number of carbonyl (C=O) groups excluding carboxylic acids is 1. The zero-order chi connectivity index (χ0) is 19.2. The maximum Gasteiger partial charge on any atom is 0.335 e. The summed E-state index contributed by atoms with van der Waals surface area (Å²) in [6.07, 6.45) is 3.77. The van der Waals surface area contributed by atoms with Gasteiger partial charge in [-0.25, -0.2) is 4.79 Å². The van der Waals surface area contributed by atoms with Crippen LogP contribution in [0.15, 0.2) is 60.3 Å². The minimum absolute atomic E-state index is 0.0373. The Balaban J connectivity index is 1.76. The number of benzene rings is 2. The van der Waals surface area contributed by atoms with Crippen molar-refractivity contribution in [2.75, 3.05) is 6.54 Å². The van der Waals surface area contributed by atoms with E-state index in [-0.39, 0.29) is 11.1 Å². The molecular weight excluding hydrogens is 342 g/mol. The summed E-state index contributed by atoms with van der Waals surface area (Å²) in [6, 6.07) is 16.3. The predicted molar refractivity (Wildman–Crippen MR) is 102 cm³/mol. The average Bonchev–Trinajstić information content (AvgIpc) is 3.08. The van der Waals surface area contributed by atoms with Crippen molar-refractivity contribution in [3.8, 4) is 6.07 Å². The molecule has 0 radical (unpaired) electrons. The molecule has 0 saturated heterocycles. The van der Waals surface area contributed by atoms with Gasteiger partial charge in [-0.2, -0.15) is 5.26 Å². The SMILES string of the molecule is N#CC(=Cc1c[nH]c2ccc(C(=O)O)cc12)C(=O)NCCc1ccccc1. The summed E-state index contributed by atoms with van der Waals surface area (Å²) < 4.78 is 0. The standard InChI is InChI=1S/C21H17N3O3/c22-12-16(20(25)23-9-8-14-4-2-1-3-5-14)10-17-13-24-19-7-6-15(21(26)27)11-18(17)19/h1-7,10-11,13,24H,8-9H2,(H,23,25)(H,26,27). The summed E-state index contributed by atoms with van der Waals surface area (Å²) in [6.45, 7) is 0.416. The van der Waals surface area contributed by atoms with Gasteiger partial charge in [0, 0.05) is 29.2 Å². The Hall–Kier alpha value is -3.85. The molecule has 0 bridgehead atoms. The first-order valence-corrected chi connectivity index (χ1v) is 8.37. The molecule has 0 saturated carbocycles. The molecule has 2 aromatic carbocycles. The number of hydrogen-bond donors (Lipinski definition) is 3. The molecule has 1 heterocycles. The van der Waals surface area contributed by atoms with Crippen molar-refractivity contribution in [3.63, 3.8) is 0 Å². The zero-order valence-corrected chi connectivity index (χ0v) is 14.4. The van der Waals surface area contributed by atoms with Crippen LogP contribution in [0.5, 0.6) is 0 Å². The van der Waals surface area contributed by atoms with E-state index in [9.17, 15) is 14.9 Å². The molecule has 1 aromatic heterocycles. The molecule has 0 atom stereocenters. The second-order valence-electron chi connectivity index (χ2n) is 5.97. The Bertz CT molecular complexity index is 1060. The maximum absolute atomic E-state index is 12.3. The highest BCUT2D eigenvalue weighted by Crippen LogP contribution is 2.22. The van der Waals surface area contributed by atoms with E-state index in [1.807, 2.05) is 36.4 Å². The molecule has 3 aromatic rings. The van der Waals surface area contributed by atoms with Crippen molar-refractivity contribution in [2.45, 2.75) is 6.42 Å². The van der Waals surface area contributed by atoms with E-state index in [1.165, 1.54) is 18.2 Å². The van der Waals surface area contributed by atoms with Crippen LogP contribution < -0.4 is 5.32 Å². The number of carbonyl (C=O) groups is 2. The second-order valence-corrected chi connectivity index (χ2v) is 5.97. The Morgan fingerprint density at radius 2 is 1.96 bits per heavy atom. The van der Waals surface area contributed by atoms with Gasteiger partial charge in [-0.3, -0.25) is 4.79 Å². The monoisotopic (exact) mass is 359 g/mol. The molecule has 6 nitrogen and oxygen atoms in total. The summed E-state index contributed by atoms with van der Waals surface area (Å²) in [7, 11) is 0. The van der Waals surface area contributed by atoms with E-state index in [0.717, 1.165) is 11.1 Å². The van der Waals surface area contributed by atoms with Gasteiger partial charge in [0.15, 0.2) is 0 Å². The summed E-state index contributed by atoms with van der Waals surface area (Å²) >= 11 is 0. The summed E-state index contributed by atoms with van der Waals surface area (Å²) in [4.78, 5) is 26.5. The van der Waals surface area contributed by atoms with Crippen LogP contribution in [0, 0.1) is 11.3 Å². The normalized spacial score (nSPS) is 11.1. The number of nitrogens with zero attached hydrogens (tertiary/aromatic N) is 1. The first kappa shape index (κ1) is 18.0. The highest BCUT2D eigenvalue weighted by atomic mass is 16.4. The van der Waals surface area contributed by atoms with Gasteiger partial charge < -0.3 is 15.4 Å². The molecule has 0 spiro atoms. The smallest absolute Gasteiger partial charge is 0.335 e. The average molecular weight is 359 g/mol. The van der Waals surface area contributed by atoms with Gasteiger partial charge in [0.25, 0.3) is 5.91 Å². The van der Waals surface area contributed by atoms with Gasteiger partial charge in [-0.15, -0.1) is 0 Å². The van der Waals surface area contributed by atoms with E-state index in [2.05, 4.69) is 10.3 Å². The predicted octanol–water partition coefficient (Wildman–Crippen LogP) is 3.13. The molecule has 3 N–H and O–H groups in total. The molecule has 134 valence electrons. The number of aromatic amines is 1. The van der Waals surface area contributed by atoms with Crippen LogP contribution in [0.1, 0.15) is 21.5 Å². The Labute approximate surface area is 155 Å². The largest absolute Gasteiger partial charge is 0.478 e. The van der Waals surface area contributed by atoms with Gasteiger partial charge in [-0.1, -0.05) is 30.3 Å². The number of amides is 1. The van der Waals surface area contributed by atoms with Crippen molar-refractivity contribution in [1.82, 2.24) is 10.3 Å². The third-order valence-electron chi connectivity index (χ3n) is 4.17. The fourth-order valence-corrected chi connectivity index (χ4v) is 2.76. The lowest BCUT2D eigenvalue weighted by molar-refractivity contribution is -0.117. The number of nitriles is 1. The third kappa shape index (κ3) is 4.22. The van der Waals surface area contributed by atoms with Crippen LogP contribution >= 0.6 is 0 Å². The number of carboxylic acid groups (broad SMARTS) is 1. The first-order chi connectivity index (χ1) is 13.1. The van der Waals surface area contributed by atoms with Crippen LogP contribution in [-0.4, -0.2) is 28.5 Å². The fourth-order valence-electron chi connectivity index (χ4n) is 2.76. The molecule has 3 rings (SSSR count). The first-order valence-electron chi connectivity index (χ1n) is 8.37. The van der Waals surface area contributed by atoms with Gasteiger partial charge >= 0.3 is 5.97 Å². The Morgan fingerprint density at radius 3 is 2.67 bits per heavy atom. The number of aromatic carboxylic acids is 1. The summed E-state index contributed by atoms with van der Waals surface area (Å²) in [5.74, 6) is -1.50. The highest BCUT2D eigenvalue weighted by molar-refractivity contribution is 6.04. The number of hydrogen-bond acceptors (Lipinski definition) is 3. The van der Waals surface area contributed by atoms with Crippen LogP contribution in [-0.2, 0) is 11.2 Å². The van der Waals surface area contributed by atoms with Crippen molar-refractivity contribution in [2.24, 2.45) is 0 Å². The summed E-state index contributed by atoms with van der Waals surface area (Å²) in [5, 5.41) is 21.9. The molecule has 0 unspecified atom stereocenters. The van der Waals surface area contributed by atoms with Crippen LogP contribution in [0.3, 0.4) is 0 Å². The van der Waals surface area contributed by atoms with Gasteiger partial charge in [0.2, 0.25) is 0 Å². The summed E-state index contributed by atoms with van der Waals surface area (Å²) in [5.41, 5.74) is 2.52. The Morgan fingerprint density at radius 1 is 1.19 bits per heavy atom. The maximum atomic E-state index is 12.3. The molecule has 0 aliphatic carbocycles. The van der Waals surface area contributed by atoms with Gasteiger partial charge in [0.1, 0.15) is 11.6 Å². The van der Waals surface area contributed by atoms with E-state index >= 15 is 0 Å². The van der Waals surface area contributed by atoms with Crippen molar-refractivity contribution < 1.29 is 14.7 Å². The van der Waals surface area contributed by atoms with E-state index in [1.54, 1.807) is 12.3 Å². The number of carboxylic acids is 1. The fraction of sp³-hybridized carbons (Fsp3) is 0.0952. The third-order valence-corrected chi connectivity index (χ3v) is 4.17. The topological polar surface area (TPSA) is 106 Å². The van der Waals surface area contributed by atoms with Crippen LogP contribution in [0.4, 0.5) is 0 Å². The molecule has 27 heavy (non-hydrogen) atoms. The number of nitrogens with one attached hydrogen (secondary N) is 2. The molecule has 6 heteroatoms. The number of H-pyrrole nitrogens is 1. The molecule has 1 amide bonds. The molecule has 0 aliphatic rings. The lowest BCUT2D eigenvalue weighted by Crippen LogP contribution is -2.26. The number of fused-ring (bicyclic) bond motifs is 1. The van der Waals surface area contributed by atoms with Crippen molar-refractivity contribution in [3.05, 3.63) is 77.0 Å². The lowest BCUT2D eigenvalue weighted by Gasteiger charge is -2.04. The zero-order valence-electron chi connectivity index (χ0n) is 14.4. The Kier molecular flexibility index (Phi) is 5.33. The van der Waals surface area contributed by atoms with Crippen LogP contribution in [0.25, 0.3) is 17.0 Å². The lowest BCUT2D eigenvalue weighted by atomic mass is 10.1. The van der Waals surface area contributed by atoms with Crippen molar-refractivity contribution >= 4 is 28.9 Å². The minimum atomic E-state index is -1.04. The van der Waals surface area contributed by atoms with Crippen LogP contribution in [0.2, 0.25) is 0 Å². The molecule has 0 fully saturated rings. The second kappa shape index (κ2) is 8.02. The van der Waals surface area contributed by atoms with E-state index in [4.69, 9.17) is 5.11 Å². The highest BCUT2D eigenvalue weighted by Gasteiger charge is 2.12. The quantitative estimate of drug-likeness (QED) is 0.464. The number of rotatable bonds is 6. The van der Waals surface area contributed by atoms with Gasteiger partial charge in [-0.05, 0) is 36.3 Å². The molecule has 0 aliphatic heterocycles. The van der Waals surface area contributed by atoms with E-state index in [0.29, 0.717) is 23.9 Å². The minimum Gasteiger partial charge on any atom is -0.478 e. The number of aromatic nitrogens is 1. The molecular formula is C21H17N3O3. The van der Waals surface area contributed by atoms with Crippen molar-refractivity contribution in [1.29, 1.82) is 5.26 Å². The van der Waals surface area contributed by atoms with Gasteiger partial charge in [0.05, 0.1) is 5.56 Å². The van der Waals surface area contributed by atoms with E-state index < -0.39 is 11.9 Å².